The van der Waals surface area contributed by atoms with E-state index in [1.807, 2.05) is 12.1 Å². The van der Waals surface area contributed by atoms with E-state index < -0.39 is 11.6 Å². The molecule has 1 aliphatic rings. The smallest absolute Gasteiger partial charge is 0.253 e. The van der Waals surface area contributed by atoms with Gasteiger partial charge < -0.3 is 15.0 Å². The Morgan fingerprint density at radius 3 is 2.57 bits per heavy atom. The third kappa shape index (κ3) is 5.56. The van der Waals surface area contributed by atoms with Gasteiger partial charge in [0.05, 0.1) is 12.2 Å². The molecule has 1 aliphatic heterocycles. The maximum atomic E-state index is 15.2. The Hall–Kier alpha value is -3.60. The van der Waals surface area contributed by atoms with Crippen LogP contribution in [-0.4, -0.2) is 50.7 Å². The van der Waals surface area contributed by atoms with Crippen LogP contribution in [0, 0.1) is 23.0 Å². The van der Waals surface area contributed by atoms with E-state index in [-0.39, 0.29) is 11.5 Å². The van der Waals surface area contributed by atoms with E-state index in [0.29, 0.717) is 53.9 Å². The zero-order valence-corrected chi connectivity index (χ0v) is 19.6. The fourth-order valence-electron chi connectivity index (χ4n) is 4.31. The summed E-state index contributed by atoms with van der Waals surface area (Å²) in [6.45, 7) is 3.30. The first-order valence-electron chi connectivity index (χ1n) is 11.6. The van der Waals surface area contributed by atoms with E-state index in [9.17, 15) is 9.18 Å². The molecule has 0 aliphatic carbocycles. The first kappa shape index (κ1) is 24.5. The lowest BCUT2D eigenvalue weighted by molar-refractivity contribution is 0.0766. The number of ether oxygens (including phenoxy) is 1. The van der Waals surface area contributed by atoms with E-state index in [4.69, 9.17) is 10.00 Å². The summed E-state index contributed by atoms with van der Waals surface area (Å²) in [6.07, 6.45) is 1.44. The lowest BCUT2D eigenvalue weighted by Crippen LogP contribution is -2.34. The molecule has 0 saturated carbocycles. The van der Waals surface area contributed by atoms with Gasteiger partial charge in [0.2, 0.25) is 0 Å². The Bertz CT molecular complexity index is 1260. The van der Waals surface area contributed by atoms with Crippen molar-refractivity contribution >= 4 is 5.91 Å². The van der Waals surface area contributed by atoms with Crippen LogP contribution in [0.1, 0.15) is 27.9 Å². The van der Waals surface area contributed by atoms with Crippen molar-refractivity contribution in [1.82, 2.24) is 10.2 Å². The number of nitrogens with zero attached hydrogens (tertiary/aromatic N) is 2. The first-order chi connectivity index (χ1) is 17.0. The van der Waals surface area contributed by atoms with Crippen molar-refractivity contribution in [3.8, 4) is 28.3 Å². The summed E-state index contributed by atoms with van der Waals surface area (Å²) in [5.74, 6) is -1.20. The number of halogens is 2. The van der Waals surface area contributed by atoms with Crippen molar-refractivity contribution in [2.75, 3.05) is 39.9 Å². The second-order valence-corrected chi connectivity index (χ2v) is 8.52. The molecule has 1 fully saturated rings. The number of rotatable bonds is 6. The number of amides is 1. The van der Waals surface area contributed by atoms with Gasteiger partial charge in [-0.1, -0.05) is 24.3 Å². The molecule has 0 aromatic heterocycles. The van der Waals surface area contributed by atoms with Gasteiger partial charge in [-0.3, -0.25) is 4.79 Å². The molecular formula is C28H27F2N3O2. The third-order valence-electron chi connectivity index (χ3n) is 6.21. The molecule has 3 aromatic rings. The number of carbonyl (C=O) groups is 1. The van der Waals surface area contributed by atoms with Crippen LogP contribution in [0.5, 0.6) is 0 Å². The molecule has 4 rings (SSSR count). The van der Waals surface area contributed by atoms with Crippen LogP contribution in [0.2, 0.25) is 0 Å². The number of benzene rings is 3. The predicted molar refractivity (Wildman–Crippen MR) is 131 cm³/mol. The SMILES string of the molecule is COCCc1ccc(-c2ccc(C(=O)N3CCCNCC3)cc2-c2ccc(C#N)c(F)c2)c(F)c1. The average Bonchev–Trinajstić information content (AvgIpc) is 3.16. The second kappa shape index (κ2) is 11.2. The highest BCUT2D eigenvalue weighted by atomic mass is 19.1. The highest BCUT2D eigenvalue weighted by Crippen LogP contribution is 2.36. The first-order valence-corrected chi connectivity index (χ1v) is 11.6. The zero-order chi connectivity index (χ0) is 24.8. The average molecular weight is 476 g/mol. The van der Waals surface area contributed by atoms with Crippen LogP contribution in [0.25, 0.3) is 22.3 Å². The molecule has 35 heavy (non-hydrogen) atoms. The molecule has 0 bridgehead atoms. The Morgan fingerprint density at radius 1 is 1.00 bits per heavy atom. The van der Waals surface area contributed by atoms with E-state index >= 15 is 4.39 Å². The lowest BCUT2D eigenvalue weighted by Gasteiger charge is -2.21. The van der Waals surface area contributed by atoms with Crippen molar-refractivity contribution in [3.05, 3.63) is 82.9 Å². The summed E-state index contributed by atoms with van der Waals surface area (Å²) in [5.41, 5.74) is 3.06. The Morgan fingerprint density at radius 2 is 1.83 bits per heavy atom. The highest BCUT2D eigenvalue weighted by Gasteiger charge is 2.20. The third-order valence-corrected chi connectivity index (χ3v) is 6.21. The molecule has 7 heteroatoms. The van der Waals surface area contributed by atoms with Crippen LogP contribution in [0.15, 0.2) is 54.6 Å². The Kier molecular flexibility index (Phi) is 7.86. The summed E-state index contributed by atoms with van der Waals surface area (Å²) in [5, 5.41) is 12.4. The van der Waals surface area contributed by atoms with Crippen molar-refractivity contribution < 1.29 is 18.3 Å². The molecule has 1 N–H and O–H groups in total. The second-order valence-electron chi connectivity index (χ2n) is 8.52. The number of hydrogen-bond acceptors (Lipinski definition) is 4. The molecule has 5 nitrogen and oxygen atoms in total. The van der Waals surface area contributed by atoms with Gasteiger partial charge in [0.15, 0.2) is 0 Å². The monoisotopic (exact) mass is 475 g/mol. The van der Waals surface area contributed by atoms with Crippen molar-refractivity contribution in [2.24, 2.45) is 0 Å². The van der Waals surface area contributed by atoms with Crippen LogP contribution in [-0.2, 0) is 11.2 Å². The van der Waals surface area contributed by atoms with Crippen molar-refractivity contribution in [3.63, 3.8) is 0 Å². The lowest BCUT2D eigenvalue weighted by atomic mass is 9.91. The summed E-state index contributed by atoms with van der Waals surface area (Å²) in [7, 11) is 1.60. The van der Waals surface area contributed by atoms with Crippen LogP contribution < -0.4 is 5.32 Å². The molecular weight excluding hydrogens is 448 g/mol. The number of hydrogen-bond donors (Lipinski definition) is 1. The number of nitrogens with one attached hydrogen (secondary N) is 1. The minimum absolute atomic E-state index is 0.0757. The van der Waals surface area contributed by atoms with E-state index in [2.05, 4.69) is 5.32 Å². The van der Waals surface area contributed by atoms with E-state index in [1.54, 1.807) is 42.3 Å². The van der Waals surface area contributed by atoms with Gasteiger partial charge in [0, 0.05) is 37.9 Å². The summed E-state index contributed by atoms with van der Waals surface area (Å²) in [4.78, 5) is 15.1. The molecule has 0 unspecified atom stereocenters. The van der Waals surface area contributed by atoms with Gasteiger partial charge in [-0.15, -0.1) is 0 Å². The number of methoxy groups -OCH3 is 1. The molecule has 0 atom stereocenters. The topological polar surface area (TPSA) is 65.4 Å². The number of carbonyl (C=O) groups excluding carboxylic acids is 1. The van der Waals surface area contributed by atoms with Gasteiger partial charge >= 0.3 is 0 Å². The van der Waals surface area contributed by atoms with Gasteiger partial charge in [0.1, 0.15) is 17.7 Å². The van der Waals surface area contributed by atoms with Gasteiger partial charge in [-0.05, 0) is 72.0 Å². The summed E-state index contributed by atoms with van der Waals surface area (Å²) < 4.78 is 34.8. The van der Waals surface area contributed by atoms with Gasteiger partial charge in [-0.25, -0.2) is 8.78 Å². The predicted octanol–water partition coefficient (Wildman–Crippen LogP) is 4.79. The molecule has 1 amide bonds. The van der Waals surface area contributed by atoms with Crippen molar-refractivity contribution in [2.45, 2.75) is 12.8 Å². The fourth-order valence-corrected chi connectivity index (χ4v) is 4.31. The standard InChI is InChI=1S/C28H27F2N3O2/c1-35-14-9-19-3-7-24(27(30)15-19)23-8-6-21(28(34)33-12-2-10-32-11-13-33)16-25(23)20-4-5-22(18-31)26(29)17-20/h3-8,15-17,32H,2,9-14H2,1H3. The summed E-state index contributed by atoms with van der Waals surface area (Å²) in [6, 6.07) is 16.2. The molecule has 3 aromatic carbocycles. The highest BCUT2D eigenvalue weighted by molar-refractivity contribution is 5.98. The summed E-state index contributed by atoms with van der Waals surface area (Å²) >= 11 is 0. The minimum atomic E-state index is -0.665. The quantitative estimate of drug-likeness (QED) is 0.557. The normalized spacial score (nSPS) is 13.8. The Balaban J connectivity index is 1.80. The van der Waals surface area contributed by atoms with E-state index in [0.717, 1.165) is 25.1 Å². The van der Waals surface area contributed by atoms with E-state index in [1.165, 1.54) is 18.2 Å². The largest absolute Gasteiger partial charge is 0.384 e. The van der Waals surface area contributed by atoms with Crippen LogP contribution in [0.4, 0.5) is 8.78 Å². The zero-order valence-electron chi connectivity index (χ0n) is 19.6. The maximum absolute atomic E-state index is 15.2. The molecule has 1 heterocycles. The van der Waals surface area contributed by atoms with Crippen LogP contribution >= 0.6 is 0 Å². The molecule has 0 radical (unpaired) electrons. The van der Waals surface area contributed by atoms with Gasteiger partial charge in [0.25, 0.3) is 5.91 Å². The maximum Gasteiger partial charge on any atom is 0.253 e. The molecule has 180 valence electrons. The fraction of sp³-hybridized carbons (Fsp3) is 0.286. The van der Waals surface area contributed by atoms with Crippen molar-refractivity contribution in [1.29, 1.82) is 5.26 Å². The van der Waals surface area contributed by atoms with Gasteiger partial charge in [-0.2, -0.15) is 5.26 Å². The van der Waals surface area contributed by atoms with Crippen LogP contribution in [0.3, 0.4) is 0 Å². The minimum Gasteiger partial charge on any atom is -0.384 e. The molecule has 0 spiro atoms. The molecule has 1 saturated heterocycles. The Labute approximate surface area is 203 Å². The number of nitriles is 1.